The van der Waals surface area contributed by atoms with Gasteiger partial charge in [0, 0.05) is 16.0 Å². The second-order valence-electron chi connectivity index (χ2n) is 5.13. The Balaban J connectivity index is 1.99. The van der Waals surface area contributed by atoms with Gasteiger partial charge in [-0.05, 0) is 17.5 Å². The van der Waals surface area contributed by atoms with Gasteiger partial charge in [0.15, 0.2) is 5.69 Å². The van der Waals surface area contributed by atoms with Gasteiger partial charge in [-0.25, -0.2) is 5.43 Å². The first-order chi connectivity index (χ1) is 8.97. The van der Waals surface area contributed by atoms with Crippen LogP contribution in [-0.2, 0) is 5.41 Å². The van der Waals surface area contributed by atoms with Gasteiger partial charge in [-0.1, -0.05) is 26.8 Å². The number of H-pyrrole nitrogens is 1. The molecule has 0 saturated carbocycles. The Morgan fingerprint density at radius 1 is 1.53 bits per heavy atom. The Morgan fingerprint density at radius 2 is 2.32 bits per heavy atom. The maximum Gasteiger partial charge on any atom is 0.291 e. The van der Waals surface area contributed by atoms with Gasteiger partial charge < -0.3 is 0 Å². The molecule has 0 aliphatic carbocycles. The Labute approximate surface area is 115 Å². The van der Waals surface area contributed by atoms with Gasteiger partial charge in [0.1, 0.15) is 0 Å². The predicted octanol–water partition coefficient (Wildman–Crippen LogP) is 2.53. The van der Waals surface area contributed by atoms with Crippen LogP contribution in [0.1, 0.15) is 41.8 Å². The summed E-state index contributed by atoms with van der Waals surface area (Å²) in [6.07, 6.45) is 1.61. The van der Waals surface area contributed by atoms with Crippen LogP contribution in [0, 0.1) is 0 Å². The third-order valence-corrected chi connectivity index (χ3v) is 3.33. The van der Waals surface area contributed by atoms with E-state index in [9.17, 15) is 4.79 Å². The van der Waals surface area contributed by atoms with Crippen LogP contribution in [0.25, 0.3) is 0 Å². The minimum atomic E-state index is -0.320. The molecule has 0 saturated heterocycles. The van der Waals surface area contributed by atoms with Crippen LogP contribution in [0.5, 0.6) is 0 Å². The van der Waals surface area contributed by atoms with E-state index < -0.39 is 0 Å². The van der Waals surface area contributed by atoms with Crippen LogP contribution in [0.3, 0.4) is 0 Å². The highest BCUT2D eigenvalue weighted by molar-refractivity contribution is 7.11. The molecule has 0 aliphatic heterocycles. The van der Waals surface area contributed by atoms with Crippen molar-refractivity contribution in [1.82, 2.24) is 15.6 Å². The molecule has 0 bridgehead atoms. The highest BCUT2D eigenvalue weighted by atomic mass is 32.1. The van der Waals surface area contributed by atoms with E-state index in [0.717, 1.165) is 10.6 Å². The van der Waals surface area contributed by atoms with Crippen LogP contribution in [0.15, 0.2) is 28.7 Å². The second kappa shape index (κ2) is 5.36. The van der Waals surface area contributed by atoms with E-state index in [1.165, 1.54) is 0 Å². The number of nitrogens with zero attached hydrogens (tertiary/aromatic N) is 2. The summed E-state index contributed by atoms with van der Waals surface area (Å²) in [7, 11) is 0. The highest BCUT2D eigenvalue weighted by Crippen LogP contribution is 2.20. The van der Waals surface area contributed by atoms with Gasteiger partial charge in [-0.3, -0.25) is 9.89 Å². The SMILES string of the molecule is CC(C)(C)c1cc(C(=O)NN=Cc2cccs2)n[nH]1. The van der Waals surface area contributed by atoms with E-state index in [4.69, 9.17) is 0 Å². The number of hydrazone groups is 1. The molecular formula is C13H16N4OS. The van der Waals surface area contributed by atoms with Crippen molar-refractivity contribution in [2.45, 2.75) is 26.2 Å². The van der Waals surface area contributed by atoms with Crippen molar-refractivity contribution in [1.29, 1.82) is 0 Å². The number of carbonyl (C=O) groups is 1. The van der Waals surface area contributed by atoms with E-state index in [1.807, 2.05) is 17.5 Å². The van der Waals surface area contributed by atoms with Crippen molar-refractivity contribution in [3.8, 4) is 0 Å². The zero-order chi connectivity index (χ0) is 13.9. The normalized spacial score (nSPS) is 11.9. The number of carbonyl (C=O) groups excluding carboxylic acids is 1. The number of aromatic nitrogens is 2. The summed E-state index contributed by atoms with van der Waals surface area (Å²) in [5, 5.41) is 12.7. The zero-order valence-electron chi connectivity index (χ0n) is 11.1. The molecule has 5 nitrogen and oxygen atoms in total. The fourth-order valence-corrected chi connectivity index (χ4v) is 1.98. The molecule has 0 spiro atoms. The van der Waals surface area contributed by atoms with Crippen LogP contribution >= 0.6 is 11.3 Å². The third kappa shape index (κ3) is 3.51. The first-order valence-corrected chi connectivity index (χ1v) is 6.77. The topological polar surface area (TPSA) is 70.1 Å². The molecule has 0 atom stereocenters. The van der Waals surface area contributed by atoms with Crippen LogP contribution < -0.4 is 5.43 Å². The van der Waals surface area contributed by atoms with E-state index >= 15 is 0 Å². The number of rotatable bonds is 3. The Hall–Kier alpha value is -1.95. The van der Waals surface area contributed by atoms with Crippen LogP contribution in [0.4, 0.5) is 0 Å². The number of hydrogen-bond donors (Lipinski definition) is 2. The van der Waals surface area contributed by atoms with Crippen molar-refractivity contribution in [3.63, 3.8) is 0 Å². The monoisotopic (exact) mass is 276 g/mol. The summed E-state index contributed by atoms with van der Waals surface area (Å²) < 4.78 is 0. The van der Waals surface area contributed by atoms with Crippen LogP contribution in [0.2, 0.25) is 0 Å². The fourth-order valence-electron chi connectivity index (χ4n) is 1.40. The van der Waals surface area contributed by atoms with E-state index in [1.54, 1.807) is 23.6 Å². The van der Waals surface area contributed by atoms with Gasteiger partial charge in [-0.15, -0.1) is 11.3 Å². The molecule has 6 heteroatoms. The second-order valence-corrected chi connectivity index (χ2v) is 6.11. The molecule has 0 unspecified atom stereocenters. The van der Waals surface area contributed by atoms with Gasteiger partial charge in [0.05, 0.1) is 6.21 Å². The summed E-state index contributed by atoms with van der Waals surface area (Å²) in [6.45, 7) is 6.16. The lowest BCUT2D eigenvalue weighted by atomic mass is 9.92. The molecule has 2 N–H and O–H groups in total. The molecule has 2 heterocycles. The summed E-state index contributed by atoms with van der Waals surface area (Å²) >= 11 is 1.56. The Kier molecular flexibility index (Phi) is 3.80. The lowest BCUT2D eigenvalue weighted by Crippen LogP contribution is -2.18. The molecule has 100 valence electrons. The lowest BCUT2D eigenvalue weighted by molar-refractivity contribution is 0.0950. The first kappa shape index (κ1) is 13.5. The molecule has 2 rings (SSSR count). The summed E-state index contributed by atoms with van der Waals surface area (Å²) in [5.41, 5.74) is 3.65. The number of amides is 1. The first-order valence-electron chi connectivity index (χ1n) is 5.89. The van der Waals surface area contributed by atoms with Crippen molar-refractivity contribution in [3.05, 3.63) is 39.8 Å². The van der Waals surface area contributed by atoms with Crippen LogP contribution in [-0.4, -0.2) is 22.3 Å². The molecule has 2 aromatic rings. The Bertz CT molecular complexity index is 578. The number of hydrogen-bond acceptors (Lipinski definition) is 4. The van der Waals surface area contributed by atoms with Gasteiger partial charge >= 0.3 is 0 Å². The molecule has 0 radical (unpaired) electrons. The molecule has 0 fully saturated rings. The zero-order valence-corrected chi connectivity index (χ0v) is 11.9. The molecule has 0 aliphatic rings. The van der Waals surface area contributed by atoms with Crippen molar-refractivity contribution in [2.24, 2.45) is 5.10 Å². The minimum absolute atomic E-state index is 0.0637. The summed E-state index contributed by atoms with van der Waals surface area (Å²) in [5.74, 6) is -0.320. The molecule has 0 aromatic carbocycles. The Morgan fingerprint density at radius 3 is 2.89 bits per heavy atom. The largest absolute Gasteiger partial charge is 0.291 e. The molecule has 1 amide bonds. The molecular weight excluding hydrogens is 260 g/mol. The lowest BCUT2D eigenvalue weighted by Gasteiger charge is -2.14. The summed E-state index contributed by atoms with van der Waals surface area (Å²) in [6, 6.07) is 5.60. The van der Waals surface area contributed by atoms with Gasteiger partial charge in [0.25, 0.3) is 5.91 Å². The van der Waals surface area contributed by atoms with E-state index in [-0.39, 0.29) is 11.3 Å². The molecule has 19 heavy (non-hydrogen) atoms. The van der Waals surface area contributed by atoms with Crippen molar-refractivity contribution < 1.29 is 4.79 Å². The van der Waals surface area contributed by atoms with Gasteiger partial charge in [-0.2, -0.15) is 10.2 Å². The predicted molar refractivity (Wildman–Crippen MR) is 76.7 cm³/mol. The minimum Gasteiger partial charge on any atom is -0.281 e. The number of nitrogens with one attached hydrogen (secondary N) is 2. The van der Waals surface area contributed by atoms with E-state index in [0.29, 0.717) is 5.69 Å². The smallest absolute Gasteiger partial charge is 0.281 e. The number of aromatic amines is 1. The molecule has 2 aromatic heterocycles. The standard InChI is InChI=1S/C13H16N4OS/c1-13(2,3)11-7-10(15-16-11)12(18)17-14-8-9-5-4-6-19-9/h4-8H,1-3H3,(H,15,16)(H,17,18). The fraction of sp³-hybridized carbons (Fsp3) is 0.308. The highest BCUT2D eigenvalue weighted by Gasteiger charge is 2.18. The quantitative estimate of drug-likeness (QED) is 0.668. The third-order valence-electron chi connectivity index (χ3n) is 2.52. The summed E-state index contributed by atoms with van der Waals surface area (Å²) in [4.78, 5) is 12.8. The van der Waals surface area contributed by atoms with E-state index in [2.05, 4.69) is 41.5 Å². The van der Waals surface area contributed by atoms with Gasteiger partial charge in [0.2, 0.25) is 0 Å². The number of thiophene rings is 1. The average molecular weight is 276 g/mol. The maximum absolute atomic E-state index is 11.8. The average Bonchev–Trinajstić information content (AvgIpc) is 2.99. The van der Waals surface area contributed by atoms with Crippen molar-refractivity contribution >= 4 is 23.5 Å². The maximum atomic E-state index is 11.8. The van der Waals surface area contributed by atoms with Crippen molar-refractivity contribution in [2.75, 3.05) is 0 Å².